The third-order valence-electron chi connectivity index (χ3n) is 2.81. The van der Waals surface area contributed by atoms with Gasteiger partial charge in [0, 0.05) is 28.1 Å². The molecule has 0 saturated carbocycles. The van der Waals surface area contributed by atoms with E-state index in [-0.39, 0.29) is 11.9 Å². The van der Waals surface area contributed by atoms with Crippen LogP contribution in [0, 0.1) is 0 Å². The van der Waals surface area contributed by atoms with Crippen molar-refractivity contribution in [2.24, 2.45) is 0 Å². The van der Waals surface area contributed by atoms with E-state index < -0.39 is 0 Å². The van der Waals surface area contributed by atoms with Gasteiger partial charge in [-0.15, -0.1) is 0 Å². The Bertz CT molecular complexity index is 586. The van der Waals surface area contributed by atoms with E-state index in [4.69, 9.17) is 5.73 Å². The van der Waals surface area contributed by atoms with Crippen LogP contribution in [0.5, 0.6) is 0 Å². The fourth-order valence-corrected chi connectivity index (χ4v) is 1.95. The highest BCUT2D eigenvalue weighted by atomic mass is 79.9. The highest BCUT2D eigenvalue weighted by molar-refractivity contribution is 9.10. The zero-order chi connectivity index (χ0) is 13.8. The number of anilines is 1. The molecule has 3 N–H and O–H groups in total. The molecule has 19 heavy (non-hydrogen) atoms. The second kappa shape index (κ2) is 5.84. The van der Waals surface area contributed by atoms with E-state index in [1.165, 1.54) is 0 Å². The Morgan fingerprint density at radius 3 is 2.63 bits per heavy atom. The Labute approximate surface area is 120 Å². The molecule has 0 fully saturated rings. The van der Waals surface area contributed by atoms with Gasteiger partial charge in [0.05, 0.1) is 6.04 Å². The van der Waals surface area contributed by atoms with Crippen molar-refractivity contribution in [2.75, 3.05) is 5.73 Å². The number of benzene rings is 1. The van der Waals surface area contributed by atoms with Crippen LogP contribution in [0.3, 0.4) is 0 Å². The molecule has 4 nitrogen and oxygen atoms in total. The number of hydrogen-bond donors (Lipinski definition) is 2. The molecule has 1 atom stereocenters. The number of nitrogens with two attached hydrogens (primary N) is 1. The highest BCUT2D eigenvalue weighted by Crippen LogP contribution is 2.20. The molecule has 0 aliphatic rings. The van der Waals surface area contributed by atoms with Crippen LogP contribution in [-0.2, 0) is 0 Å². The molecule has 0 spiro atoms. The molecular formula is C14H14BrN3O. The summed E-state index contributed by atoms with van der Waals surface area (Å²) in [4.78, 5) is 16.0. The van der Waals surface area contributed by atoms with Crippen molar-refractivity contribution in [3.05, 3.63) is 58.3 Å². The van der Waals surface area contributed by atoms with Crippen LogP contribution in [-0.4, -0.2) is 10.9 Å². The topological polar surface area (TPSA) is 68.0 Å². The molecule has 1 aromatic heterocycles. The molecule has 0 saturated heterocycles. The van der Waals surface area contributed by atoms with Crippen molar-refractivity contribution < 1.29 is 4.79 Å². The summed E-state index contributed by atoms with van der Waals surface area (Å²) in [6.45, 7) is 1.93. The number of carbonyl (C=O) groups excluding carboxylic acids is 1. The molecule has 1 heterocycles. The van der Waals surface area contributed by atoms with E-state index in [1.807, 2.05) is 19.1 Å². The van der Waals surface area contributed by atoms with E-state index in [1.54, 1.807) is 30.6 Å². The van der Waals surface area contributed by atoms with Gasteiger partial charge < -0.3 is 11.1 Å². The quantitative estimate of drug-likeness (QED) is 0.855. The summed E-state index contributed by atoms with van der Waals surface area (Å²) in [5.74, 6) is -0.150. The van der Waals surface area contributed by atoms with Gasteiger partial charge in [-0.2, -0.15) is 0 Å². The lowest BCUT2D eigenvalue weighted by Crippen LogP contribution is -2.26. The van der Waals surface area contributed by atoms with Gasteiger partial charge in [-0.1, -0.05) is 0 Å². The summed E-state index contributed by atoms with van der Waals surface area (Å²) < 4.78 is 0.784. The lowest BCUT2D eigenvalue weighted by molar-refractivity contribution is 0.0940. The standard InChI is InChI=1S/C14H14BrN3O/c1-9(10-4-6-17-7-5-10)18-14(19)11-2-3-12(15)13(16)8-11/h2-9H,16H2,1H3,(H,18,19)/t9-/m1/s1. The molecule has 0 radical (unpaired) electrons. The number of aromatic nitrogens is 1. The van der Waals surface area contributed by atoms with Gasteiger partial charge >= 0.3 is 0 Å². The minimum Gasteiger partial charge on any atom is -0.398 e. The van der Waals surface area contributed by atoms with Crippen LogP contribution in [0.25, 0.3) is 0 Å². The number of hydrogen-bond acceptors (Lipinski definition) is 3. The molecule has 5 heteroatoms. The van der Waals surface area contributed by atoms with Gasteiger partial charge in [-0.25, -0.2) is 0 Å². The van der Waals surface area contributed by atoms with Crippen LogP contribution in [0.4, 0.5) is 5.69 Å². The molecule has 98 valence electrons. The van der Waals surface area contributed by atoms with Crippen LogP contribution in [0.15, 0.2) is 47.2 Å². The molecule has 0 unspecified atom stereocenters. The maximum atomic E-state index is 12.1. The minimum atomic E-state index is -0.150. The van der Waals surface area contributed by atoms with Crippen LogP contribution in [0.1, 0.15) is 28.9 Å². The fraction of sp³-hybridized carbons (Fsp3) is 0.143. The maximum absolute atomic E-state index is 12.1. The van der Waals surface area contributed by atoms with Crippen LogP contribution < -0.4 is 11.1 Å². The van der Waals surface area contributed by atoms with Gasteiger partial charge in [-0.3, -0.25) is 9.78 Å². The fourth-order valence-electron chi connectivity index (χ4n) is 1.70. The summed E-state index contributed by atoms with van der Waals surface area (Å²) in [6, 6.07) is 8.82. The molecule has 1 aromatic carbocycles. The molecule has 2 aromatic rings. The van der Waals surface area contributed by atoms with Crippen molar-refractivity contribution in [2.45, 2.75) is 13.0 Å². The first-order chi connectivity index (χ1) is 9.08. The van der Waals surface area contributed by atoms with Gasteiger partial charge in [0.15, 0.2) is 0 Å². The van der Waals surface area contributed by atoms with Crippen molar-refractivity contribution in [1.29, 1.82) is 0 Å². The third-order valence-corrected chi connectivity index (χ3v) is 3.53. The largest absolute Gasteiger partial charge is 0.398 e. The van der Waals surface area contributed by atoms with Gasteiger partial charge in [0.25, 0.3) is 5.91 Å². The Balaban J connectivity index is 2.11. The lowest BCUT2D eigenvalue weighted by Gasteiger charge is -2.14. The number of pyridine rings is 1. The Kier molecular flexibility index (Phi) is 4.16. The first-order valence-corrected chi connectivity index (χ1v) is 6.63. The van der Waals surface area contributed by atoms with Crippen molar-refractivity contribution in [3.63, 3.8) is 0 Å². The zero-order valence-electron chi connectivity index (χ0n) is 10.4. The predicted molar refractivity (Wildman–Crippen MR) is 78.7 cm³/mol. The molecule has 1 amide bonds. The number of nitrogens with zero attached hydrogens (tertiary/aromatic N) is 1. The monoisotopic (exact) mass is 319 g/mol. The second-order valence-corrected chi connectivity index (χ2v) is 5.07. The van der Waals surface area contributed by atoms with Crippen molar-refractivity contribution >= 4 is 27.5 Å². The van der Waals surface area contributed by atoms with Crippen molar-refractivity contribution in [1.82, 2.24) is 10.3 Å². The second-order valence-electron chi connectivity index (χ2n) is 4.21. The molecule has 0 bridgehead atoms. The lowest BCUT2D eigenvalue weighted by atomic mass is 10.1. The first-order valence-electron chi connectivity index (χ1n) is 5.83. The number of amides is 1. The summed E-state index contributed by atoms with van der Waals surface area (Å²) in [5.41, 5.74) is 7.86. The SMILES string of the molecule is C[C@@H](NC(=O)c1ccc(Br)c(N)c1)c1ccncc1. The van der Waals surface area contributed by atoms with Gasteiger partial charge in [-0.05, 0) is 58.7 Å². The summed E-state index contributed by atoms with van der Waals surface area (Å²) >= 11 is 3.30. The molecule has 2 rings (SSSR count). The molecule has 0 aliphatic carbocycles. The Morgan fingerprint density at radius 1 is 1.32 bits per heavy atom. The number of rotatable bonds is 3. The minimum absolute atomic E-state index is 0.0830. The Hall–Kier alpha value is -1.88. The molecular weight excluding hydrogens is 306 g/mol. The summed E-state index contributed by atoms with van der Waals surface area (Å²) in [6.07, 6.45) is 3.41. The first kappa shape index (κ1) is 13.5. The summed E-state index contributed by atoms with van der Waals surface area (Å²) in [5, 5.41) is 2.92. The van der Waals surface area contributed by atoms with Gasteiger partial charge in [0.1, 0.15) is 0 Å². The van der Waals surface area contributed by atoms with E-state index in [0.717, 1.165) is 10.0 Å². The van der Waals surface area contributed by atoms with Crippen LogP contribution in [0.2, 0.25) is 0 Å². The van der Waals surface area contributed by atoms with E-state index in [0.29, 0.717) is 11.3 Å². The van der Waals surface area contributed by atoms with Gasteiger partial charge in [0.2, 0.25) is 0 Å². The third kappa shape index (κ3) is 3.32. The smallest absolute Gasteiger partial charge is 0.251 e. The number of carbonyl (C=O) groups is 1. The van der Waals surface area contributed by atoms with Crippen LogP contribution >= 0.6 is 15.9 Å². The van der Waals surface area contributed by atoms with E-state index in [9.17, 15) is 4.79 Å². The number of nitrogens with one attached hydrogen (secondary N) is 1. The normalized spacial score (nSPS) is 11.9. The van der Waals surface area contributed by atoms with E-state index >= 15 is 0 Å². The summed E-state index contributed by atoms with van der Waals surface area (Å²) in [7, 11) is 0. The van der Waals surface area contributed by atoms with E-state index in [2.05, 4.69) is 26.2 Å². The maximum Gasteiger partial charge on any atom is 0.251 e. The number of halogens is 1. The average molecular weight is 320 g/mol. The average Bonchev–Trinajstić information content (AvgIpc) is 2.42. The molecule has 0 aliphatic heterocycles. The van der Waals surface area contributed by atoms with Crippen molar-refractivity contribution in [3.8, 4) is 0 Å². The Morgan fingerprint density at radius 2 is 2.00 bits per heavy atom. The predicted octanol–water partition coefficient (Wildman–Crippen LogP) is 2.92. The highest BCUT2D eigenvalue weighted by Gasteiger charge is 2.12. The number of nitrogen functional groups attached to an aromatic ring is 1. The zero-order valence-corrected chi connectivity index (χ0v) is 12.0.